The van der Waals surface area contributed by atoms with Crippen LogP contribution in [0.15, 0.2) is 54.6 Å². The number of nitrogens with zero attached hydrogens (tertiary/aromatic N) is 1. The fourth-order valence-corrected chi connectivity index (χ4v) is 13.9. The van der Waals surface area contributed by atoms with E-state index < -0.39 is 8.07 Å². The van der Waals surface area contributed by atoms with Gasteiger partial charge in [-0.1, -0.05) is 106 Å². The van der Waals surface area contributed by atoms with Gasteiger partial charge in [0.25, 0.3) is 0 Å². The maximum Gasteiger partial charge on any atom is 3.00 e. The molecule has 0 saturated heterocycles. The summed E-state index contributed by atoms with van der Waals surface area (Å²) >= 11 is 0. The average Bonchev–Trinajstić information content (AvgIpc) is 3.30. The Morgan fingerprint density at radius 2 is 1.46 bits per heavy atom. The second-order valence-electron chi connectivity index (χ2n) is 12.5. The Labute approximate surface area is 256 Å². The summed E-state index contributed by atoms with van der Waals surface area (Å²) in [6.07, 6.45) is 9.57. The van der Waals surface area contributed by atoms with E-state index in [0.29, 0.717) is 35.1 Å². The number of aromatic hydroxyl groups is 1. The Kier molecular flexibility index (Phi) is 11.4. The summed E-state index contributed by atoms with van der Waals surface area (Å²) in [5, 5.41) is 13.2. The summed E-state index contributed by atoms with van der Waals surface area (Å²) in [6, 6.07) is 14.4. The molecule has 3 aliphatic rings. The van der Waals surface area contributed by atoms with Crippen molar-refractivity contribution in [3.05, 3.63) is 99.2 Å². The van der Waals surface area contributed by atoms with Crippen LogP contribution in [-0.2, 0) is 27.1 Å². The number of phenols is 1. The zero-order valence-corrected chi connectivity index (χ0v) is 29.0. The third-order valence-corrected chi connectivity index (χ3v) is 15.6. The van der Waals surface area contributed by atoms with Crippen molar-refractivity contribution < 1.29 is 26.8 Å². The molecule has 39 heavy (non-hydrogen) atoms. The normalized spacial score (nSPS) is 24.4. The predicted molar refractivity (Wildman–Crippen MR) is 172 cm³/mol. The van der Waals surface area contributed by atoms with Crippen molar-refractivity contribution in [2.45, 2.75) is 83.5 Å². The van der Waals surface area contributed by atoms with Gasteiger partial charge in [-0.15, -0.1) is 0 Å². The molecule has 211 valence electrons. The molecule has 5 unspecified atom stereocenters. The molecule has 0 bridgehead atoms. The van der Waals surface area contributed by atoms with Crippen LogP contribution in [0.2, 0.25) is 17.6 Å². The van der Waals surface area contributed by atoms with Crippen molar-refractivity contribution in [1.29, 1.82) is 0 Å². The van der Waals surface area contributed by atoms with E-state index in [2.05, 4.69) is 115 Å². The fraction of sp³-hybridized carbons (Fsp3) is 0.457. The van der Waals surface area contributed by atoms with Crippen LogP contribution in [0.4, 0.5) is 5.69 Å². The summed E-state index contributed by atoms with van der Waals surface area (Å²) in [6.45, 7) is 15.9. The van der Waals surface area contributed by atoms with E-state index in [1.54, 1.807) is 0 Å². The smallest absolute Gasteiger partial charge is 0.508 e. The van der Waals surface area contributed by atoms with Gasteiger partial charge < -0.3 is 32.3 Å². The van der Waals surface area contributed by atoms with E-state index in [-0.39, 0.29) is 49.4 Å². The third kappa shape index (κ3) is 5.29. The molecule has 2 aliphatic carbocycles. The van der Waals surface area contributed by atoms with Gasteiger partial charge in [0.1, 0.15) is 5.75 Å². The first-order valence-corrected chi connectivity index (χ1v) is 16.1. The first kappa shape index (κ1) is 35.5. The standard InChI is InChI=1S/C32H43NOSi.3CH3.Ti/c1-9-35(10-2,27-19-21(4)18-25(30(27)34)32(5,6)7)31-23-14-12-11-13-22(23)28-24-17-20(3)15-16-26(24)33(8)29(28)31;;;;/h11-19,22-23,28-29,31,34H,9-10H2,1-8H3;3*1H3;/q;3*-1;+3. The fourth-order valence-electron chi connectivity index (χ4n) is 8.04. The van der Waals surface area contributed by atoms with Crippen LogP contribution >= 0.6 is 0 Å². The number of benzene rings is 2. The Bertz CT molecular complexity index is 1210. The van der Waals surface area contributed by atoms with Gasteiger partial charge in [0, 0.05) is 24.7 Å². The van der Waals surface area contributed by atoms with Gasteiger partial charge >= 0.3 is 21.7 Å². The van der Waals surface area contributed by atoms with Crippen LogP contribution < -0.4 is 10.1 Å². The van der Waals surface area contributed by atoms with E-state index in [0.717, 1.165) is 17.7 Å². The summed E-state index contributed by atoms with van der Waals surface area (Å²) in [5.74, 6) is 2.16. The van der Waals surface area contributed by atoms with Crippen LogP contribution in [0.1, 0.15) is 62.8 Å². The number of allylic oxidation sites excluding steroid dienone is 4. The van der Waals surface area contributed by atoms with Crippen LogP contribution in [0.25, 0.3) is 0 Å². The topological polar surface area (TPSA) is 23.5 Å². The number of hydrogen-bond donors (Lipinski definition) is 1. The predicted octanol–water partition coefficient (Wildman–Crippen LogP) is 8.69. The van der Waals surface area contributed by atoms with Crippen LogP contribution in [0, 0.1) is 48.0 Å². The molecule has 5 atom stereocenters. The SMILES string of the molecule is CC[Si](CC)(c1cc(C)cc(C(C)(C)C)c1O)C1C2C=CC=CC2C2c3cc(C)ccc3N(C)C21.[CH3-].[CH3-].[CH3-].[Ti+3]. The van der Waals surface area contributed by atoms with Crippen LogP contribution in [-0.4, -0.2) is 26.3 Å². The number of likely N-dealkylation sites (N-methyl/N-ethyl adjacent to an activating group) is 1. The molecule has 1 heterocycles. The van der Waals surface area contributed by atoms with E-state index in [9.17, 15) is 5.11 Å². The van der Waals surface area contributed by atoms with Crippen molar-refractivity contribution in [2.24, 2.45) is 11.8 Å². The van der Waals surface area contributed by atoms with Gasteiger partial charge in [-0.3, -0.25) is 0 Å². The van der Waals surface area contributed by atoms with Gasteiger partial charge in [0.2, 0.25) is 0 Å². The van der Waals surface area contributed by atoms with E-state index in [1.807, 2.05) is 0 Å². The van der Waals surface area contributed by atoms with Gasteiger partial charge in [0.05, 0.1) is 8.07 Å². The molecule has 1 saturated carbocycles. The first-order valence-electron chi connectivity index (χ1n) is 13.6. The minimum atomic E-state index is -2.14. The summed E-state index contributed by atoms with van der Waals surface area (Å²) in [4.78, 5) is 2.62. The zero-order valence-electron chi connectivity index (χ0n) is 26.4. The second-order valence-corrected chi connectivity index (χ2v) is 17.4. The summed E-state index contributed by atoms with van der Waals surface area (Å²) in [5.41, 5.74) is 7.16. The number of hydrogen-bond acceptors (Lipinski definition) is 2. The number of phenolic OH excluding ortho intramolecular Hbond substituents is 1. The second kappa shape index (κ2) is 12.5. The van der Waals surface area contributed by atoms with Gasteiger partial charge in [0.15, 0.2) is 0 Å². The molecule has 0 aromatic heterocycles. The van der Waals surface area contributed by atoms with E-state index >= 15 is 0 Å². The molecule has 1 N–H and O–H groups in total. The Morgan fingerprint density at radius 3 is 2.03 bits per heavy atom. The number of rotatable bonds is 4. The van der Waals surface area contributed by atoms with Crippen molar-refractivity contribution in [2.75, 3.05) is 11.9 Å². The molecule has 4 heteroatoms. The van der Waals surface area contributed by atoms with Gasteiger partial charge in [-0.05, 0) is 59.0 Å². The maximum atomic E-state index is 11.9. The Hall–Kier alpha value is -1.55. The van der Waals surface area contributed by atoms with Crippen LogP contribution in [0.3, 0.4) is 0 Å². The molecule has 0 spiro atoms. The zero-order chi connectivity index (χ0) is 25.3. The van der Waals surface area contributed by atoms with Gasteiger partial charge in [-0.25, -0.2) is 0 Å². The molecule has 5 rings (SSSR count). The monoisotopic (exact) mass is 578 g/mol. The maximum absolute atomic E-state index is 11.9. The molecule has 1 radical (unpaired) electrons. The Balaban J connectivity index is 0.00000190. The molecular weight excluding hydrogens is 526 g/mol. The molecule has 1 fully saturated rings. The van der Waals surface area contributed by atoms with Crippen molar-refractivity contribution in [3.8, 4) is 5.75 Å². The molecule has 2 aromatic carbocycles. The minimum absolute atomic E-state index is 0. The summed E-state index contributed by atoms with van der Waals surface area (Å²) in [7, 11) is 0.193. The molecule has 1 aliphatic heterocycles. The molecular formula is C35H52NOSiTi. The largest absolute Gasteiger partial charge is 3.00 e. The first-order chi connectivity index (χ1) is 16.5. The molecule has 2 aromatic rings. The number of fused-ring (bicyclic) bond motifs is 5. The molecule has 0 amide bonds. The minimum Gasteiger partial charge on any atom is -0.508 e. The Morgan fingerprint density at radius 1 is 0.872 bits per heavy atom. The third-order valence-electron chi connectivity index (χ3n) is 9.66. The summed E-state index contributed by atoms with van der Waals surface area (Å²) < 4.78 is 0. The number of anilines is 1. The number of aryl methyl sites for hydroxylation is 2. The van der Waals surface area contributed by atoms with Crippen molar-refractivity contribution in [3.63, 3.8) is 0 Å². The molecule has 2 nitrogen and oxygen atoms in total. The van der Waals surface area contributed by atoms with Crippen LogP contribution in [0.5, 0.6) is 5.75 Å². The van der Waals surface area contributed by atoms with E-state index in [1.165, 1.54) is 27.6 Å². The van der Waals surface area contributed by atoms with Gasteiger partial charge in [-0.2, -0.15) is 0 Å². The van der Waals surface area contributed by atoms with Crippen molar-refractivity contribution in [1.82, 2.24) is 0 Å². The quantitative estimate of drug-likeness (QED) is 0.290. The van der Waals surface area contributed by atoms with Crippen molar-refractivity contribution >= 4 is 18.9 Å². The van der Waals surface area contributed by atoms with E-state index in [4.69, 9.17) is 0 Å². The average molecular weight is 579 g/mol.